The molecule has 0 N–H and O–H groups in total. The highest BCUT2D eigenvalue weighted by atomic mass is 32.1. The third-order valence-electron chi connectivity index (χ3n) is 2.49. The molecule has 0 amide bonds. The van der Waals surface area contributed by atoms with Gasteiger partial charge in [0.2, 0.25) is 0 Å². The lowest BCUT2D eigenvalue weighted by atomic mass is 10.1. The van der Waals surface area contributed by atoms with Gasteiger partial charge in [0.25, 0.3) is 0 Å². The quantitative estimate of drug-likeness (QED) is 0.801. The molecule has 1 aromatic carbocycles. The van der Waals surface area contributed by atoms with Gasteiger partial charge in [0, 0.05) is 6.42 Å². The molecule has 0 aliphatic rings. The van der Waals surface area contributed by atoms with E-state index >= 15 is 0 Å². The summed E-state index contributed by atoms with van der Waals surface area (Å²) in [5, 5.41) is 3.84. The first-order valence-corrected chi connectivity index (χ1v) is 6.17. The molecule has 0 aliphatic carbocycles. The average Bonchev–Trinajstić information content (AvgIpc) is 2.82. The minimum atomic E-state index is -0.946. The molecule has 0 atom stereocenters. The van der Waals surface area contributed by atoms with Crippen molar-refractivity contribution in [2.45, 2.75) is 19.8 Å². The zero-order valence-electron chi connectivity index (χ0n) is 9.61. The summed E-state index contributed by atoms with van der Waals surface area (Å²) in [5.74, 6) is -2.04. The standard InChI is InChI=1S/C12H10F2N2OS/c1-2-10-12(18-16-15-10)11(17)6-7-3-4-8(13)9(14)5-7/h3-5H,2,6H2,1H3. The fourth-order valence-corrected chi connectivity index (χ4v) is 2.25. The molecule has 1 aromatic heterocycles. The van der Waals surface area contributed by atoms with Crippen molar-refractivity contribution < 1.29 is 13.6 Å². The molecule has 0 saturated heterocycles. The first-order chi connectivity index (χ1) is 8.61. The summed E-state index contributed by atoms with van der Waals surface area (Å²) in [6.45, 7) is 1.88. The molecule has 0 spiro atoms. The Bertz CT molecular complexity index is 583. The molecule has 0 saturated carbocycles. The van der Waals surface area contributed by atoms with Crippen LogP contribution in [0, 0.1) is 11.6 Å². The van der Waals surface area contributed by atoms with Crippen molar-refractivity contribution in [2.24, 2.45) is 0 Å². The lowest BCUT2D eigenvalue weighted by molar-refractivity contribution is 0.0995. The van der Waals surface area contributed by atoms with E-state index in [1.54, 1.807) is 0 Å². The van der Waals surface area contributed by atoms with Crippen molar-refractivity contribution in [3.8, 4) is 0 Å². The third-order valence-corrected chi connectivity index (χ3v) is 3.30. The monoisotopic (exact) mass is 268 g/mol. The fraction of sp³-hybridized carbons (Fsp3) is 0.250. The summed E-state index contributed by atoms with van der Waals surface area (Å²) in [5.41, 5.74) is 1.09. The number of halogens is 2. The van der Waals surface area contributed by atoms with E-state index in [4.69, 9.17) is 0 Å². The molecule has 0 fully saturated rings. The van der Waals surface area contributed by atoms with Crippen LogP contribution in [0.1, 0.15) is 27.9 Å². The summed E-state index contributed by atoms with van der Waals surface area (Å²) < 4.78 is 29.5. The summed E-state index contributed by atoms with van der Waals surface area (Å²) in [7, 11) is 0. The molecule has 94 valence electrons. The van der Waals surface area contributed by atoms with Gasteiger partial charge in [-0.25, -0.2) is 8.78 Å². The molecular formula is C12H10F2N2OS. The smallest absolute Gasteiger partial charge is 0.180 e. The Kier molecular flexibility index (Phi) is 3.76. The number of aryl methyl sites for hydroxylation is 1. The Balaban J connectivity index is 2.19. The first kappa shape index (κ1) is 12.8. The molecule has 0 radical (unpaired) electrons. The van der Waals surface area contributed by atoms with Gasteiger partial charge in [-0.3, -0.25) is 4.79 Å². The first-order valence-electron chi connectivity index (χ1n) is 5.40. The highest BCUT2D eigenvalue weighted by Gasteiger charge is 2.16. The van der Waals surface area contributed by atoms with Crippen molar-refractivity contribution in [1.82, 2.24) is 9.59 Å². The number of carbonyl (C=O) groups is 1. The van der Waals surface area contributed by atoms with Crippen molar-refractivity contribution in [3.63, 3.8) is 0 Å². The van der Waals surface area contributed by atoms with Gasteiger partial charge in [-0.05, 0) is 35.6 Å². The van der Waals surface area contributed by atoms with Crippen LogP contribution >= 0.6 is 11.5 Å². The van der Waals surface area contributed by atoms with Gasteiger partial charge >= 0.3 is 0 Å². The second-order valence-electron chi connectivity index (χ2n) is 3.75. The van der Waals surface area contributed by atoms with Crippen molar-refractivity contribution in [1.29, 1.82) is 0 Å². The molecule has 1 heterocycles. The third kappa shape index (κ3) is 2.59. The molecule has 2 rings (SSSR count). The van der Waals surface area contributed by atoms with Gasteiger partial charge < -0.3 is 0 Å². The van der Waals surface area contributed by atoms with Crippen LogP contribution < -0.4 is 0 Å². The number of rotatable bonds is 4. The molecule has 0 aliphatic heterocycles. The minimum absolute atomic E-state index is 0.0219. The van der Waals surface area contributed by atoms with Gasteiger partial charge in [0.1, 0.15) is 4.88 Å². The Morgan fingerprint density at radius 3 is 2.78 bits per heavy atom. The second kappa shape index (κ2) is 5.30. The van der Waals surface area contributed by atoms with E-state index in [1.807, 2.05) is 6.92 Å². The van der Waals surface area contributed by atoms with E-state index in [0.29, 0.717) is 22.6 Å². The predicted octanol–water partition coefficient (Wildman–Crippen LogP) is 2.80. The molecule has 0 unspecified atom stereocenters. The normalized spacial score (nSPS) is 10.6. The van der Waals surface area contributed by atoms with Gasteiger partial charge in [-0.15, -0.1) is 5.10 Å². The predicted molar refractivity (Wildman–Crippen MR) is 63.7 cm³/mol. The van der Waals surface area contributed by atoms with Gasteiger partial charge in [-0.1, -0.05) is 17.5 Å². The van der Waals surface area contributed by atoms with Gasteiger partial charge in [0.15, 0.2) is 17.4 Å². The zero-order valence-corrected chi connectivity index (χ0v) is 10.4. The summed E-state index contributed by atoms with van der Waals surface area (Å²) in [6.07, 6.45) is 0.642. The lowest BCUT2D eigenvalue weighted by Crippen LogP contribution is -2.05. The Morgan fingerprint density at radius 1 is 1.33 bits per heavy atom. The Labute approximate surface area is 107 Å². The van der Waals surface area contributed by atoms with Crippen LogP contribution in [0.4, 0.5) is 8.78 Å². The van der Waals surface area contributed by atoms with Crippen molar-refractivity contribution >= 4 is 17.3 Å². The van der Waals surface area contributed by atoms with Crippen LogP contribution in [0.15, 0.2) is 18.2 Å². The number of hydrogen-bond acceptors (Lipinski definition) is 4. The SMILES string of the molecule is CCc1nnsc1C(=O)Cc1ccc(F)c(F)c1. The number of ketones is 1. The molecule has 18 heavy (non-hydrogen) atoms. The van der Waals surface area contributed by atoms with Crippen LogP contribution in [0.5, 0.6) is 0 Å². The van der Waals surface area contributed by atoms with Crippen LogP contribution in [0.2, 0.25) is 0 Å². The number of carbonyl (C=O) groups excluding carboxylic acids is 1. The molecule has 3 nitrogen and oxygen atoms in total. The van der Waals surface area contributed by atoms with Crippen LogP contribution in [-0.4, -0.2) is 15.4 Å². The second-order valence-corrected chi connectivity index (χ2v) is 4.50. The van der Waals surface area contributed by atoms with E-state index in [1.165, 1.54) is 6.07 Å². The maximum Gasteiger partial charge on any atom is 0.180 e. The largest absolute Gasteiger partial charge is 0.293 e. The summed E-state index contributed by atoms with van der Waals surface area (Å²) in [6, 6.07) is 3.45. The summed E-state index contributed by atoms with van der Waals surface area (Å²) in [4.78, 5) is 12.5. The average molecular weight is 268 g/mol. The highest BCUT2D eigenvalue weighted by Crippen LogP contribution is 2.16. The maximum absolute atomic E-state index is 13.0. The number of hydrogen-bond donors (Lipinski definition) is 0. The van der Waals surface area contributed by atoms with Gasteiger partial charge in [0.05, 0.1) is 5.69 Å². The number of aromatic nitrogens is 2. The van der Waals surface area contributed by atoms with Crippen molar-refractivity contribution in [3.05, 3.63) is 46.0 Å². The van der Waals surface area contributed by atoms with Gasteiger partial charge in [-0.2, -0.15) is 0 Å². The number of benzene rings is 1. The summed E-state index contributed by atoms with van der Waals surface area (Å²) >= 11 is 1.03. The maximum atomic E-state index is 13.0. The zero-order chi connectivity index (χ0) is 13.1. The van der Waals surface area contributed by atoms with E-state index in [0.717, 1.165) is 23.7 Å². The number of Topliss-reactive ketones (excluding diaryl/α,β-unsaturated/α-hetero) is 1. The number of nitrogens with zero attached hydrogens (tertiary/aromatic N) is 2. The van der Waals surface area contributed by atoms with Crippen LogP contribution in [-0.2, 0) is 12.8 Å². The highest BCUT2D eigenvalue weighted by molar-refractivity contribution is 7.08. The Morgan fingerprint density at radius 2 is 2.11 bits per heavy atom. The van der Waals surface area contributed by atoms with E-state index in [-0.39, 0.29) is 12.2 Å². The topological polar surface area (TPSA) is 42.9 Å². The molecule has 0 bridgehead atoms. The minimum Gasteiger partial charge on any atom is -0.293 e. The van der Waals surface area contributed by atoms with Crippen molar-refractivity contribution in [2.75, 3.05) is 0 Å². The van der Waals surface area contributed by atoms with Crippen LogP contribution in [0.3, 0.4) is 0 Å². The molecule has 2 aromatic rings. The van der Waals surface area contributed by atoms with Crippen LogP contribution in [0.25, 0.3) is 0 Å². The van der Waals surface area contributed by atoms with E-state index in [9.17, 15) is 13.6 Å². The Hall–Kier alpha value is -1.69. The van der Waals surface area contributed by atoms with E-state index < -0.39 is 11.6 Å². The molecular weight excluding hydrogens is 258 g/mol. The van der Waals surface area contributed by atoms with E-state index in [2.05, 4.69) is 9.59 Å². The lowest BCUT2D eigenvalue weighted by Gasteiger charge is -2.01. The fourth-order valence-electron chi connectivity index (χ4n) is 1.57. The molecule has 6 heteroatoms.